The van der Waals surface area contributed by atoms with Crippen LogP contribution in [-0.4, -0.2) is 33.1 Å². The molecule has 1 aromatic carbocycles. The maximum absolute atomic E-state index is 5.66. The molecule has 7 nitrogen and oxygen atoms in total. The predicted octanol–water partition coefficient (Wildman–Crippen LogP) is 2.81. The zero-order valence-electron chi connectivity index (χ0n) is 13.3. The number of benzene rings is 1. The van der Waals surface area contributed by atoms with Crippen molar-refractivity contribution >= 4 is 17.6 Å². The van der Waals surface area contributed by atoms with Gasteiger partial charge in [0.2, 0.25) is 5.95 Å². The van der Waals surface area contributed by atoms with Crippen molar-refractivity contribution in [2.24, 2.45) is 0 Å². The van der Waals surface area contributed by atoms with Gasteiger partial charge in [-0.3, -0.25) is 0 Å². The molecule has 2 aromatic heterocycles. The predicted molar refractivity (Wildman–Crippen MR) is 92.5 cm³/mol. The van der Waals surface area contributed by atoms with E-state index in [2.05, 4.69) is 30.6 Å². The van der Waals surface area contributed by atoms with Crippen molar-refractivity contribution in [1.82, 2.24) is 19.9 Å². The zero-order valence-corrected chi connectivity index (χ0v) is 13.3. The highest BCUT2D eigenvalue weighted by Crippen LogP contribution is 2.15. The molecule has 0 amide bonds. The molecule has 3 aromatic rings. The van der Waals surface area contributed by atoms with Crippen molar-refractivity contribution in [3.8, 4) is 5.75 Å². The molecule has 24 heavy (non-hydrogen) atoms. The van der Waals surface area contributed by atoms with E-state index in [1.54, 1.807) is 18.5 Å². The third-order valence-corrected chi connectivity index (χ3v) is 3.20. The van der Waals surface area contributed by atoms with Crippen molar-refractivity contribution in [1.29, 1.82) is 0 Å². The van der Waals surface area contributed by atoms with E-state index in [1.165, 1.54) is 6.33 Å². The summed E-state index contributed by atoms with van der Waals surface area (Å²) in [6, 6.07) is 11.5. The van der Waals surface area contributed by atoms with Crippen LogP contribution in [0.15, 0.2) is 55.1 Å². The van der Waals surface area contributed by atoms with E-state index in [9.17, 15) is 0 Å². The summed E-state index contributed by atoms with van der Waals surface area (Å²) in [5.41, 5.74) is 0.961. The lowest BCUT2D eigenvalue weighted by atomic mass is 10.3. The summed E-state index contributed by atoms with van der Waals surface area (Å²) in [4.78, 5) is 16.7. The Kier molecular flexibility index (Phi) is 5.14. The number of aryl methyl sites for hydroxylation is 1. The number of hydrogen-bond acceptors (Lipinski definition) is 7. The van der Waals surface area contributed by atoms with Gasteiger partial charge in [-0.05, 0) is 25.1 Å². The SMILES string of the molecule is Cc1cnc(Nc2ccncn2)nc1NCCOc1ccccc1. The Morgan fingerprint density at radius 2 is 1.96 bits per heavy atom. The zero-order chi connectivity index (χ0) is 16.6. The van der Waals surface area contributed by atoms with E-state index in [4.69, 9.17) is 4.74 Å². The second-order valence-corrected chi connectivity index (χ2v) is 5.03. The van der Waals surface area contributed by atoms with Gasteiger partial charge < -0.3 is 15.4 Å². The number of ether oxygens (including phenoxy) is 1. The Hall–Kier alpha value is -3.22. The highest BCUT2D eigenvalue weighted by molar-refractivity contribution is 5.52. The van der Waals surface area contributed by atoms with Gasteiger partial charge in [-0.15, -0.1) is 0 Å². The van der Waals surface area contributed by atoms with Gasteiger partial charge in [0.05, 0.1) is 6.54 Å². The van der Waals surface area contributed by atoms with Gasteiger partial charge in [-0.25, -0.2) is 15.0 Å². The number of nitrogens with zero attached hydrogens (tertiary/aromatic N) is 4. The molecule has 122 valence electrons. The van der Waals surface area contributed by atoms with Crippen molar-refractivity contribution in [3.63, 3.8) is 0 Å². The summed E-state index contributed by atoms with van der Waals surface area (Å²) in [5.74, 6) is 2.74. The molecular formula is C17H18N6O. The number of rotatable bonds is 7. The van der Waals surface area contributed by atoms with E-state index in [0.717, 1.165) is 17.1 Å². The quantitative estimate of drug-likeness (QED) is 0.647. The van der Waals surface area contributed by atoms with Gasteiger partial charge in [0.1, 0.15) is 30.3 Å². The highest BCUT2D eigenvalue weighted by Gasteiger charge is 2.04. The molecule has 0 saturated heterocycles. The second-order valence-electron chi connectivity index (χ2n) is 5.03. The van der Waals surface area contributed by atoms with E-state index < -0.39 is 0 Å². The van der Waals surface area contributed by atoms with E-state index in [1.807, 2.05) is 37.3 Å². The lowest BCUT2D eigenvalue weighted by Gasteiger charge is -2.11. The van der Waals surface area contributed by atoms with Crippen molar-refractivity contribution in [3.05, 3.63) is 60.7 Å². The van der Waals surface area contributed by atoms with Crippen LogP contribution in [0.3, 0.4) is 0 Å². The lowest BCUT2D eigenvalue weighted by Crippen LogP contribution is -2.14. The van der Waals surface area contributed by atoms with Crippen LogP contribution in [0.5, 0.6) is 5.75 Å². The average molecular weight is 322 g/mol. The molecule has 0 aliphatic rings. The molecule has 2 N–H and O–H groups in total. The van der Waals surface area contributed by atoms with Crippen LogP contribution >= 0.6 is 0 Å². The molecule has 0 fully saturated rings. The van der Waals surface area contributed by atoms with Gasteiger partial charge in [0.15, 0.2) is 0 Å². The first-order chi connectivity index (χ1) is 11.8. The van der Waals surface area contributed by atoms with Crippen molar-refractivity contribution < 1.29 is 4.74 Å². The van der Waals surface area contributed by atoms with Crippen molar-refractivity contribution in [2.45, 2.75) is 6.92 Å². The normalized spacial score (nSPS) is 10.2. The Balaban J connectivity index is 1.56. The summed E-state index contributed by atoms with van der Waals surface area (Å²) in [5, 5.41) is 6.30. The number of nitrogens with one attached hydrogen (secondary N) is 2. The fourth-order valence-electron chi connectivity index (χ4n) is 2.02. The molecule has 0 radical (unpaired) electrons. The molecule has 0 bridgehead atoms. The van der Waals surface area contributed by atoms with Gasteiger partial charge in [0, 0.05) is 18.0 Å². The molecule has 7 heteroatoms. The number of hydrogen-bond donors (Lipinski definition) is 2. The van der Waals surface area contributed by atoms with E-state index in [-0.39, 0.29) is 0 Å². The first-order valence-electron chi connectivity index (χ1n) is 7.59. The summed E-state index contributed by atoms with van der Waals surface area (Å²) in [7, 11) is 0. The van der Waals surface area contributed by atoms with Crippen LogP contribution in [0.25, 0.3) is 0 Å². The molecule has 0 spiro atoms. The molecule has 0 aliphatic carbocycles. The summed E-state index contributed by atoms with van der Waals surface area (Å²) in [6.45, 7) is 3.14. The maximum atomic E-state index is 5.66. The standard InChI is InChI=1S/C17H18N6O/c1-13-11-20-17(22-15-7-8-18-12-21-15)23-16(13)19-9-10-24-14-5-3-2-4-6-14/h2-8,11-12H,9-10H2,1H3,(H2,18,19,20,21,22,23). The Morgan fingerprint density at radius 1 is 1.08 bits per heavy atom. The minimum Gasteiger partial charge on any atom is -0.492 e. The van der Waals surface area contributed by atoms with Gasteiger partial charge in [0.25, 0.3) is 0 Å². The molecule has 2 heterocycles. The fraction of sp³-hybridized carbons (Fsp3) is 0.176. The molecule has 0 atom stereocenters. The first-order valence-corrected chi connectivity index (χ1v) is 7.59. The van der Waals surface area contributed by atoms with Crippen LogP contribution in [0.2, 0.25) is 0 Å². The van der Waals surface area contributed by atoms with Crippen molar-refractivity contribution in [2.75, 3.05) is 23.8 Å². The maximum Gasteiger partial charge on any atom is 0.230 e. The molecular weight excluding hydrogens is 304 g/mol. The van der Waals surface area contributed by atoms with Crippen LogP contribution < -0.4 is 15.4 Å². The molecule has 0 unspecified atom stereocenters. The van der Waals surface area contributed by atoms with Crippen LogP contribution in [0.4, 0.5) is 17.6 Å². The summed E-state index contributed by atoms with van der Waals surface area (Å²) >= 11 is 0. The minimum absolute atomic E-state index is 0.478. The number of aromatic nitrogens is 4. The van der Waals surface area contributed by atoms with Gasteiger partial charge in [-0.1, -0.05) is 18.2 Å². The Labute approximate surface area is 140 Å². The fourth-order valence-corrected chi connectivity index (χ4v) is 2.02. The lowest BCUT2D eigenvalue weighted by molar-refractivity contribution is 0.332. The summed E-state index contributed by atoms with van der Waals surface area (Å²) < 4.78 is 5.66. The Bertz CT molecular complexity index is 767. The topological polar surface area (TPSA) is 84.9 Å². The smallest absolute Gasteiger partial charge is 0.230 e. The Morgan fingerprint density at radius 3 is 2.75 bits per heavy atom. The number of anilines is 3. The monoisotopic (exact) mass is 322 g/mol. The van der Waals surface area contributed by atoms with Crippen LogP contribution in [0.1, 0.15) is 5.56 Å². The number of para-hydroxylation sites is 1. The third kappa shape index (κ3) is 4.39. The summed E-state index contributed by atoms with van der Waals surface area (Å²) in [6.07, 6.45) is 4.89. The largest absolute Gasteiger partial charge is 0.492 e. The molecule has 0 aliphatic heterocycles. The van der Waals surface area contributed by atoms with E-state index >= 15 is 0 Å². The highest BCUT2D eigenvalue weighted by atomic mass is 16.5. The molecule has 3 rings (SSSR count). The van der Waals surface area contributed by atoms with Crippen LogP contribution in [0, 0.1) is 6.92 Å². The van der Waals surface area contributed by atoms with Gasteiger partial charge in [-0.2, -0.15) is 4.98 Å². The van der Waals surface area contributed by atoms with Gasteiger partial charge >= 0.3 is 0 Å². The average Bonchev–Trinajstić information content (AvgIpc) is 2.63. The first kappa shape index (κ1) is 15.7. The second kappa shape index (κ2) is 7.87. The minimum atomic E-state index is 0.478. The molecule has 0 saturated carbocycles. The van der Waals surface area contributed by atoms with E-state index in [0.29, 0.717) is 24.9 Å². The van der Waals surface area contributed by atoms with Crippen LogP contribution in [-0.2, 0) is 0 Å². The third-order valence-electron chi connectivity index (χ3n) is 3.20.